The van der Waals surface area contributed by atoms with Crippen LogP contribution in [-0.2, 0) is 12.8 Å². The molecule has 3 rings (SSSR count). The minimum absolute atomic E-state index is 0.149. The van der Waals surface area contributed by atoms with Crippen LogP contribution in [0, 0.1) is 11.8 Å². The number of hydrogen-bond donors (Lipinski definition) is 1. The Hall–Kier alpha value is -1.88. The fourth-order valence-corrected chi connectivity index (χ4v) is 4.69. The molecule has 0 aliphatic heterocycles. The minimum atomic E-state index is -0.444. The lowest BCUT2D eigenvalue weighted by atomic mass is 9.87. The zero-order valence-corrected chi connectivity index (χ0v) is 16.6. The Morgan fingerprint density at radius 3 is 2.92 bits per heavy atom. The largest absolute Gasteiger partial charge is 0.412 e. The van der Waals surface area contributed by atoms with Crippen molar-refractivity contribution in [3.05, 3.63) is 38.9 Å². The quantitative estimate of drug-likeness (QED) is 0.810. The molecule has 1 aromatic heterocycles. The number of amides is 1. The molecule has 1 aliphatic rings. The van der Waals surface area contributed by atoms with E-state index in [1.165, 1.54) is 4.88 Å². The highest BCUT2D eigenvalue weighted by molar-refractivity contribution is 7.18. The highest BCUT2D eigenvalue weighted by Gasteiger charge is 2.22. The first-order chi connectivity index (χ1) is 12.5. The molecular weight excluding hydrogens is 346 g/mol. The third kappa shape index (κ3) is 4.09. The number of fused-ring (bicyclic) bond motifs is 2. The van der Waals surface area contributed by atoms with Gasteiger partial charge in [-0.25, -0.2) is 4.79 Å². The van der Waals surface area contributed by atoms with Gasteiger partial charge >= 0.3 is 6.09 Å². The van der Waals surface area contributed by atoms with Crippen molar-refractivity contribution in [2.75, 3.05) is 6.54 Å². The molecule has 0 fully saturated rings. The van der Waals surface area contributed by atoms with E-state index in [1.54, 1.807) is 23.5 Å². The topological polar surface area (TPSA) is 55.4 Å². The van der Waals surface area contributed by atoms with Crippen molar-refractivity contribution < 1.29 is 9.53 Å². The van der Waals surface area contributed by atoms with Crippen LogP contribution >= 0.6 is 11.3 Å². The van der Waals surface area contributed by atoms with E-state index in [0.29, 0.717) is 24.1 Å². The number of carbonyl (C=O) groups excluding carboxylic acids is 1. The Balaban J connectivity index is 1.82. The molecular formula is C21H27NO3S. The monoisotopic (exact) mass is 373 g/mol. The van der Waals surface area contributed by atoms with Gasteiger partial charge < -0.3 is 10.1 Å². The van der Waals surface area contributed by atoms with Crippen molar-refractivity contribution in [3.63, 3.8) is 0 Å². The first-order valence-electron chi connectivity index (χ1n) is 9.56. The second kappa shape index (κ2) is 8.21. The Bertz CT molecular complexity index is 858. The van der Waals surface area contributed by atoms with Crippen LogP contribution in [0.2, 0.25) is 0 Å². The maximum absolute atomic E-state index is 12.8. The molecule has 1 heterocycles. The molecule has 26 heavy (non-hydrogen) atoms. The zero-order chi connectivity index (χ0) is 18.7. The normalized spacial score (nSPS) is 17.6. The Labute approximate surface area is 158 Å². The first kappa shape index (κ1) is 18.9. The molecule has 1 amide bonds. The fourth-order valence-electron chi connectivity index (χ4n) is 3.35. The van der Waals surface area contributed by atoms with Crippen LogP contribution in [0.4, 0.5) is 4.79 Å². The van der Waals surface area contributed by atoms with Gasteiger partial charge in [0.25, 0.3) is 0 Å². The van der Waals surface area contributed by atoms with E-state index >= 15 is 0 Å². The van der Waals surface area contributed by atoms with Gasteiger partial charge in [0.05, 0.1) is 0 Å². The second-order valence-electron chi connectivity index (χ2n) is 7.29. The van der Waals surface area contributed by atoms with Crippen LogP contribution in [0.5, 0.6) is 5.75 Å². The molecule has 1 aliphatic carbocycles. The number of rotatable bonds is 5. The third-order valence-corrected chi connectivity index (χ3v) is 6.62. The maximum atomic E-state index is 12.8. The highest BCUT2D eigenvalue weighted by atomic mass is 32.1. The van der Waals surface area contributed by atoms with Crippen LogP contribution in [0.25, 0.3) is 10.1 Å². The summed E-state index contributed by atoms with van der Waals surface area (Å²) < 4.78 is 6.30. The number of ether oxygens (including phenoxy) is 1. The summed E-state index contributed by atoms with van der Waals surface area (Å²) >= 11 is 1.67. The molecule has 1 aromatic carbocycles. The molecule has 5 heteroatoms. The average Bonchev–Trinajstić information content (AvgIpc) is 2.65. The summed E-state index contributed by atoms with van der Waals surface area (Å²) in [5.41, 5.74) is 1.14. The smallest absolute Gasteiger partial charge is 0.410 e. The van der Waals surface area contributed by atoms with Gasteiger partial charge in [0.15, 0.2) is 5.43 Å². The Morgan fingerprint density at radius 1 is 1.38 bits per heavy atom. The average molecular weight is 374 g/mol. The van der Waals surface area contributed by atoms with Crippen LogP contribution in [0.15, 0.2) is 23.0 Å². The molecule has 0 radical (unpaired) electrons. The van der Waals surface area contributed by atoms with Crippen molar-refractivity contribution in [2.24, 2.45) is 11.8 Å². The summed E-state index contributed by atoms with van der Waals surface area (Å²) in [5.74, 6) is 1.57. The summed E-state index contributed by atoms with van der Waals surface area (Å²) in [6.45, 7) is 6.98. The van der Waals surface area contributed by atoms with E-state index in [1.807, 2.05) is 6.07 Å². The lowest BCUT2D eigenvalue weighted by Gasteiger charge is -2.22. The van der Waals surface area contributed by atoms with Gasteiger partial charge in [-0.3, -0.25) is 4.79 Å². The number of hydrogen-bond acceptors (Lipinski definition) is 4. The molecule has 2 unspecified atom stereocenters. The van der Waals surface area contributed by atoms with Crippen LogP contribution < -0.4 is 15.5 Å². The third-order valence-electron chi connectivity index (χ3n) is 5.40. The van der Waals surface area contributed by atoms with Crippen molar-refractivity contribution in [1.29, 1.82) is 0 Å². The molecule has 0 spiro atoms. The standard InChI is InChI=1S/C21H27NO3S/c1-4-13(3)12-22-21(24)25-15-7-9-17-19(11-15)26-18-10-14(5-2)6-8-16(18)20(17)23/h7,9,11,13-14H,4-6,8,10,12H2,1-3H3,(H,22,24). The SMILES string of the molecule is CCC(C)CNC(=O)Oc1ccc2c(=O)c3c(sc2c1)CC(CC)CC3. The van der Waals surface area contributed by atoms with E-state index in [9.17, 15) is 9.59 Å². The van der Waals surface area contributed by atoms with Gasteiger partial charge in [-0.15, -0.1) is 11.3 Å². The molecule has 140 valence electrons. The Morgan fingerprint density at radius 2 is 2.19 bits per heavy atom. The predicted molar refractivity (Wildman–Crippen MR) is 107 cm³/mol. The molecule has 2 atom stereocenters. The maximum Gasteiger partial charge on any atom is 0.412 e. The van der Waals surface area contributed by atoms with Gasteiger partial charge in [0.2, 0.25) is 0 Å². The van der Waals surface area contributed by atoms with Gasteiger partial charge in [0.1, 0.15) is 5.75 Å². The molecule has 1 N–H and O–H groups in total. The summed E-state index contributed by atoms with van der Waals surface area (Å²) in [5, 5.41) is 3.52. The highest BCUT2D eigenvalue weighted by Crippen LogP contribution is 2.33. The van der Waals surface area contributed by atoms with Crippen LogP contribution in [-0.4, -0.2) is 12.6 Å². The molecule has 0 bridgehead atoms. The lowest BCUT2D eigenvalue weighted by Crippen LogP contribution is -2.30. The molecule has 2 aromatic rings. The number of nitrogens with one attached hydrogen (secondary N) is 1. The summed E-state index contributed by atoms with van der Waals surface area (Å²) in [6, 6.07) is 5.32. The van der Waals surface area contributed by atoms with Gasteiger partial charge in [0, 0.05) is 27.1 Å². The van der Waals surface area contributed by atoms with Crippen molar-refractivity contribution in [3.8, 4) is 5.75 Å². The Kier molecular flexibility index (Phi) is 5.97. The molecule has 4 nitrogen and oxygen atoms in total. The summed E-state index contributed by atoms with van der Waals surface area (Å²) in [7, 11) is 0. The van der Waals surface area contributed by atoms with Gasteiger partial charge in [-0.05, 0) is 49.3 Å². The lowest BCUT2D eigenvalue weighted by molar-refractivity contribution is 0.198. The predicted octanol–water partition coefficient (Wildman–Crippen LogP) is 4.91. The van der Waals surface area contributed by atoms with E-state index in [2.05, 4.69) is 26.1 Å². The molecule has 0 saturated heterocycles. The van der Waals surface area contributed by atoms with Crippen LogP contribution in [0.1, 0.15) is 50.5 Å². The summed E-state index contributed by atoms with van der Waals surface area (Å²) in [6.07, 6.45) is 4.69. The number of carbonyl (C=O) groups is 1. The van der Waals surface area contributed by atoms with Crippen LogP contribution in [0.3, 0.4) is 0 Å². The summed E-state index contributed by atoms with van der Waals surface area (Å²) in [4.78, 5) is 26.0. The van der Waals surface area contributed by atoms with Crippen molar-refractivity contribution in [1.82, 2.24) is 5.32 Å². The van der Waals surface area contributed by atoms with E-state index in [0.717, 1.165) is 47.8 Å². The second-order valence-corrected chi connectivity index (χ2v) is 8.43. The fraction of sp³-hybridized carbons (Fsp3) is 0.524. The van der Waals surface area contributed by atoms with Gasteiger partial charge in [-0.2, -0.15) is 0 Å². The van der Waals surface area contributed by atoms with E-state index in [-0.39, 0.29) is 5.43 Å². The van der Waals surface area contributed by atoms with Crippen molar-refractivity contribution in [2.45, 2.75) is 52.9 Å². The van der Waals surface area contributed by atoms with Gasteiger partial charge in [-0.1, -0.05) is 33.6 Å². The van der Waals surface area contributed by atoms with E-state index < -0.39 is 6.09 Å². The van der Waals surface area contributed by atoms with Crippen molar-refractivity contribution >= 4 is 27.5 Å². The minimum Gasteiger partial charge on any atom is -0.410 e. The van der Waals surface area contributed by atoms with E-state index in [4.69, 9.17) is 4.74 Å². The zero-order valence-electron chi connectivity index (χ0n) is 15.8. The first-order valence-corrected chi connectivity index (χ1v) is 10.4. The molecule has 0 saturated carbocycles. The number of benzene rings is 1.